The molecule has 8 heteroatoms. The molecule has 1 N–H and O–H groups in total. The first-order chi connectivity index (χ1) is 12.5. The number of amides is 2. The number of benzene rings is 1. The maximum Gasteiger partial charge on any atom is 0.264 e. The molecule has 0 aliphatic carbocycles. The molecule has 0 unspecified atom stereocenters. The summed E-state index contributed by atoms with van der Waals surface area (Å²) >= 11 is 1.41. The number of hydrogen-bond acceptors (Lipinski definition) is 4. The van der Waals surface area contributed by atoms with Gasteiger partial charge in [0, 0.05) is 32.2 Å². The summed E-state index contributed by atoms with van der Waals surface area (Å²) in [4.78, 5) is 29.1. The Morgan fingerprint density at radius 1 is 1.15 bits per heavy atom. The minimum absolute atomic E-state index is 0.00476. The first kappa shape index (κ1) is 18.5. The third-order valence-electron chi connectivity index (χ3n) is 4.45. The second-order valence-corrected chi connectivity index (χ2v) is 7.04. The van der Waals surface area contributed by atoms with Crippen LogP contribution in [0.3, 0.4) is 0 Å². The second-order valence-electron chi connectivity index (χ2n) is 6.09. The van der Waals surface area contributed by atoms with Gasteiger partial charge in [0.05, 0.1) is 16.6 Å². The van der Waals surface area contributed by atoms with Crippen molar-refractivity contribution in [1.82, 2.24) is 9.80 Å². The van der Waals surface area contributed by atoms with E-state index in [0.717, 1.165) is 12.1 Å². The summed E-state index contributed by atoms with van der Waals surface area (Å²) in [6, 6.07) is 6.18. The van der Waals surface area contributed by atoms with Gasteiger partial charge >= 0.3 is 0 Å². The van der Waals surface area contributed by atoms with E-state index in [1.807, 2.05) is 16.3 Å². The van der Waals surface area contributed by atoms with Crippen LogP contribution in [0.25, 0.3) is 0 Å². The minimum atomic E-state index is -0.808. The summed E-state index contributed by atoms with van der Waals surface area (Å²) < 4.78 is 26.6. The van der Waals surface area contributed by atoms with Crippen LogP contribution in [0.1, 0.15) is 16.6 Å². The molecule has 1 aromatic carbocycles. The first-order valence-corrected chi connectivity index (χ1v) is 9.16. The minimum Gasteiger partial charge on any atom is -0.335 e. The van der Waals surface area contributed by atoms with Gasteiger partial charge in [0.1, 0.15) is 11.6 Å². The van der Waals surface area contributed by atoms with Crippen molar-refractivity contribution in [1.29, 1.82) is 0 Å². The van der Waals surface area contributed by atoms with Crippen LogP contribution in [-0.2, 0) is 4.79 Å². The van der Waals surface area contributed by atoms with Gasteiger partial charge in [-0.3, -0.25) is 14.5 Å². The Labute approximate surface area is 154 Å². The summed E-state index contributed by atoms with van der Waals surface area (Å²) in [6.07, 6.45) is 0. The highest BCUT2D eigenvalue weighted by Crippen LogP contribution is 2.17. The SMILES string of the molecule is C[C@H](C(=O)Nc1ccc(F)cc1F)N1CCN(C(=O)c2cccs2)CC1. The highest BCUT2D eigenvalue weighted by Gasteiger charge is 2.28. The quantitative estimate of drug-likeness (QED) is 0.889. The number of nitrogens with zero attached hydrogens (tertiary/aromatic N) is 2. The van der Waals surface area contributed by atoms with Gasteiger partial charge in [-0.2, -0.15) is 0 Å². The average Bonchev–Trinajstić information content (AvgIpc) is 3.17. The standard InChI is InChI=1S/C18H19F2N3O2S/c1-12(17(24)21-15-5-4-13(19)11-14(15)20)22-6-8-23(9-7-22)18(25)16-3-2-10-26-16/h2-5,10-12H,6-9H2,1H3,(H,21,24)/t12-/m1/s1. The van der Waals surface area contributed by atoms with E-state index in [1.165, 1.54) is 17.4 Å². The van der Waals surface area contributed by atoms with Crippen molar-refractivity contribution in [2.75, 3.05) is 31.5 Å². The average molecular weight is 379 g/mol. The summed E-state index contributed by atoms with van der Waals surface area (Å²) in [7, 11) is 0. The molecule has 26 heavy (non-hydrogen) atoms. The van der Waals surface area contributed by atoms with E-state index in [1.54, 1.807) is 17.9 Å². The molecule has 0 radical (unpaired) electrons. The van der Waals surface area contributed by atoms with Crippen LogP contribution in [0.2, 0.25) is 0 Å². The maximum absolute atomic E-state index is 13.7. The number of piperazine rings is 1. The Balaban J connectivity index is 1.55. The smallest absolute Gasteiger partial charge is 0.264 e. The molecule has 2 amide bonds. The zero-order valence-corrected chi connectivity index (χ0v) is 15.1. The number of hydrogen-bond donors (Lipinski definition) is 1. The van der Waals surface area contributed by atoms with E-state index in [9.17, 15) is 18.4 Å². The summed E-state index contributed by atoms with van der Waals surface area (Å²) in [5.41, 5.74) is -0.0465. The normalized spacial score (nSPS) is 16.3. The van der Waals surface area contributed by atoms with Crippen molar-refractivity contribution >= 4 is 28.8 Å². The van der Waals surface area contributed by atoms with Gasteiger partial charge in [0.2, 0.25) is 5.91 Å². The lowest BCUT2D eigenvalue weighted by molar-refractivity contribution is -0.121. The molecular formula is C18H19F2N3O2S. The third kappa shape index (κ3) is 4.08. The highest BCUT2D eigenvalue weighted by molar-refractivity contribution is 7.12. The van der Waals surface area contributed by atoms with Crippen LogP contribution in [0.15, 0.2) is 35.7 Å². The Kier molecular flexibility index (Phi) is 5.63. The third-order valence-corrected chi connectivity index (χ3v) is 5.31. The molecule has 1 atom stereocenters. The van der Waals surface area contributed by atoms with Gasteiger partial charge < -0.3 is 10.2 Å². The molecule has 1 saturated heterocycles. The number of rotatable bonds is 4. The molecule has 2 heterocycles. The summed E-state index contributed by atoms with van der Waals surface area (Å²) in [5.74, 6) is -1.87. The molecule has 1 aliphatic rings. The molecule has 1 aromatic heterocycles. The molecule has 1 fully saturated rings. The topological polar surface area (TPSA) is 52.7 Å². The Morgan fingerprint density at radius 2 is 1.88 bits per heavy atom. The molecule has 3 rings (SSSR count). The second kappa shape index (κ2) is 7.92. The largest absolute Gasteiger partial charge is 0.335 e. The van der Waals surface area contributed by atoms with Gasteiger partial charge in [0.25, 0.3) is 5.91 Å². The number of thiophene rings is 1. The van der Waals surface area contributed by atoms with E-state index in [4.69, 9.17) is 0 Å². The van der Waals surface area contributed by atoms with Crippen molar-refractivity contribution in [3.05, 3.63) is 52.2 Å². The van der Waals surface area contributed by atoms with Crippen LogP contribution in [0.4, 0.5) is 14.5 Å². The van der Waals surface area contributed by atoms with E-state index in [0.29, 0.717) is 31.1 Å². The van der Waals surface area contributed by atoms with Crippen LogP contribution in [0, 0.1) is 11.6 Å². The molecule has 0 saturated carbocycles. The van der Waals surface area contributed by atoms with Crippen molar-refractivity contribution in [2.24, 2.45) is 0 Å². The fraction of sp³-hybridized carbons (Fsp3) is 0.333. The molecule has 138 valence electrons. The molecule has 5 nitrogen and oxygen atoms in total. The van der Waals surface area contributed by atoms with Gasteiger partial charge in [-0.25, -0.2) is 8.78 Å². The van der Waals surface area contributed by atoms with Crippen molar-refractivity contribution in [2.45, 2.75) is 13.0 Å². The van der Waals surface area contributed by atoms with Crippen LogP contribution in [-0.4, -0.2) is 53.8 Å². The Hall–Kier alpha value is -2.32. The monoisotopic (exact) mass is 379 g/mol. The lowest BCUT2D eigenvalue weighted by Gasteiger charge is -2.37. The fourth-order valence-corrected chi connectivity index (χ4v) is 3.55. The van der Waals surface area contributed by atoms with E-state index in [-0.39, 0.29) is 17.5 Å². The predicted molar refractivity (Wildman–Crippen MR) is 96.2 cm³/mol. The number of carbonyl (C=O) groups excluding carboxylic acids is 2. The molecule has 0 bridgehead atoms. The van der Waals surface area contributed by atoms with Gasteiger partial charge in [-0.15, -0.1) is 11.3 Å². The van der Waals surface area contributed by atoms with Crippen molar-refractivity contribution < 1.29 is 18.4 Å². The molecule has 1 aliphatic heterocycles. The van der Waals surface area contributed by atoms with Crippen LogP contribution in [0.5, 0.6) is 0 Å². The fourth-order valence-electron chi connectivity index (χ4n) is 2.86. The lowest BCUT2D eigenvalue weighted by atomic mass is 10.2. The Bertz CT molecular complexity index is 790. The van der Waals surface area contributed by atoms with Gasteiger partial charge in [0.15, 0.2) is 0 Å². The van der Waals surface area contributed by atoms with E-state index >= 15 is 0 Å². The van der Waals surface area contributed by atoms with E-state index < -0.39 is 17.7 Å². The van der Waals surface area contributed by atoms with Crippen LogP contribution >= 0.6 is 11.3 Å². The first-order valence-electron chi connectivity index (χ1n) is 8.28. The van der Waals surface area contributed by atoms with Crippen molar-refractivity contribution in [3.8, 4) is 0 Å². The van der Waals surface area contributed by atoms with Crippen molar-refractivity contribution in [3.63, 3.8) is 0 Å². The Morgan fingerprint density at radius 3 is 2.50 bits per heavy atom. The maximum atomic E-state index is 13.7. The summed E-state index contributed by atoms with van der Waals surface area (Å²) in [5, 5.41) is 4.36. The molecule has 0 spiro atoms. The molecular weight excluding hydrogens is 360 g/mol. The van der Waals surface area contributed by atoms with Gasteiger partial charge in [-0.1, -0.05) is 6.07 Å². The van der Waals surface area contributed by atoms with E-state index in [2.05, 4.69) is 5.32 Å². The lowest BCUT2D eigenvalue weighted by Crippen LogP contribution is -2.54. The number of nitrogens with one attached hydrogen (secondary N) is 1. The van der Waals surface area contributed by atoms with Crippen LogP contribution < -0.4 is 5.32 Å². The summed E-state index contributed by atoms with van der Waals surface area (Å²) in [6.45, 7) is 3.89. The number of carbonyl (C=O) groups is 2. The number of anilines is 1. The predicted octanol–water partition coefficient (Wildman–Crippen LogP) is 2.81. The molecule has 2 aromatic rings. The highest BCUT2D eigenvalue weighted by atomic mass is 32.1. The van der Waals surface area contributed by atoms with Gasteiger partial charge in [-0.05, 0) is 30.5 Å². The number of halogens is 2. The zero-order valence-electron chi connectivity index (χ0n) is 14.2. The zero-order chi connectivity index (χ0) is 18.7.